The first-order valence-corrected chi connectivity index (χ1v) is 14.7. The van der Waals surface area contributed by atoms with E-state index < -0.39 is 17.6 Å². The van der Waals surface area contributed by atoms with Crippen LogP contribution in [0.2, 0.25) is 0 Å². The van der Waals surface area contributed by atoms with Crippen molar-refractivity contribution in [2.75, 3.05) is 19.7 Å². The fourth-order valence-electron chi connectivity index (χ4n) is 5.68. The maximum Gasteiger partial charge on any atom is 0.246 e. The highest BCUT2D eigenvalue weighted by molar-refractivity contribution is 5.96. The van der Waals surface area contributed by atoms with Crippen LogP contribution in [0.1, 0.15) is 63.5 Å². The normalized spacial score (nSPS) is 22.8. The number of nitrogens with one attached hydrogen (secondary N) is 4. The third-order valence-electron chi connectivity index (χ3n) is 7.83. The van der Waals surface area contributed by atoms with Gasteiger partial charge in [-0.2, -0.15) is 0 Å². The highest BCUT2D eigenvalue weighted by atomic mass is 16.5. The number of para-hydroxylation sites is 1. The van der Waals surface area contributed by atoms with E-state index >= 15 is 0 Å². The zero-order valence-electron chi connectivity index (χ0n) is 23.8. The van der Waals surface area contributed by atoms with Gasteiger partial charge in [-0.05, 0) is 55.2 Å². The van der Waals surface area contributed by atoms with Crippen molar-refractivity contribution in [2.24, 2.45) is 5.92 Å². The molecule has 0 radical (unpaired) electrons. The molecule has 8 heteroatoms. The minimum absolute atomic E-state index is 0.184. The van der Waals surface area contributed by atoms with Crippen LogP contribution in [0.4, 0.5) is 0 Å². The van der Waals surface area contributed by atoms with Gasteiger partial charge in [0.25, 0.3) is 0 Å². The molecule has 3 amide bonds. The highest BCUT2D eigenvalue weighted by Gasteiger charge is 2.44. The van der Waals surface area contributed by atoms with Crippen molar-refractivity contribution in [3.63, 3.8) is 0 Å². The number of ether oxygens (including phenoxy) is 1. The van der Waals surface area contributed by atoms with E-state index in [1.807, 2.05) is 54.6 Å². The van der Waals surface area contributed by atoms with Crippen LogP contribution in [0.15, 0.2) is 54.6 Å². The van der Waals surface area contributed by atoms with Crippen molar-refractivity contribution in [3.8, 4) is 5.75 Å². The second-order valence-corrected chi connectivity index (χ2v) is 11.5. The molecule has 1 aliphatic heterocycles. The van der Waals surface area contributed by atoms with Crippen LogP contribution in [-0.4, -0.2) is 55.0 Å². The molecule has 1 saturated carbocycles. The van der Waals surface area contributed by atoms with Gasteiger partial charge in [-0.15, -0.1) is 0 Å². The lowest BCUT2D eigenvalue weighted by Crippen LogP contribution is -2.63. The molecule has 216 valence electrons. The van der Waals surface area contributed by atoms with Crippen molar-refractivity contribution < 1.29 is 19.1 Å². The van der Waals surface area contributed by atoms with Crippen LogP contribution in [0.5, 0.6) is 5.75 Å². The third-order valence-corrected chi connectivity index (χ3v) is 7.83. The number of carbonyl (C=O) groups excluding carboxylic acids is 3. The molecule has 0 unspecified atom stereocenters. The molecule has 1 aliphatic carbocycles. The second-order valence-electron chi connectivity index (χ2n) is 11.5. The van der Waals surface area contributed by atoms with Crippen molar-refractivity contribution in [2.45, 2.75) is 82.8 Å². The summed E-state index contributed by atoms with van der Waals surface area (Å²) in [6.07, 6.45) is 5.30. The van der Waals surface area contributed by atoms with Gasteiger partial charge in [0.2, 0.25) is 17.7 Å². The minimum atomic E-state index is -1.02. The predicted octanol–water partition coefficient (Wildman–Crippen LogP) is 3.29. The van der Waals surface area contributed by atoms with Crippen molar-refractivity contribution >= 4 is 17.7 Å². The first kappa shape index (κ1) is 29.6. The van der Waals surface area contributed by atoms with E-state index in [-0.39, 0.29) is 23.6 Å². The van der Waals surface area contributed by atoms with Crippen LogP contribution >= 0.6 is 0 Å². The molecule has 0 aromatic heterocycles. The molecular weight excluding hydrogens is 504 g/mol. The van der Waals surface area contributed by atoms with Gasteiger partial charge < -0.3 is 26.0 Å². The zero-order valence-corrected chi connectivity index (χ0v) is 23.8. The molecular formula is C32H44N4O4. The Hall–Kier alpha value is -3.39. The summed E-state index contributed by atoms with van der Waals surface area (Å²) >= 11 is 0. The summed E-state index contributed by atoms with van der Waals surface area (Å²) in [6.45, 7) is 5.57. The van der Waals surface area contributed by atoms with Gasteiger partial charge in [0, 0.05) is 19.5 Å². The predicted molar refractivity (Wildman–Crippen MR) is 156 cm³/mol. The van der Waals surface area contributed by atoms with E-state index in [0.717, 1.165) is 42.6 Å². The van der Waals surface area contributed by atoms with Crippen molar-refractivity contribution in [1.82, 2.24) is 21.3 Å². The zero-order chi connectivity index (χ0) is 28.4. The Morgan fingerprint density at radius 2 is 1.60 bits per heavy atom. The molecule has 1 spiro atoms. The molecule has 4 N–H and O–H groups in total. The molecule has 1 fully saturated rings. The van der Waals surface area contributed by atoms with E-state index in [4.69, 9.17) is 4.74 Å². The minimum Gasteiger partial charge on any atom is -0.492 e. The number of hydrogen-bond donors (Lipinski definition) is 4. The van der Waals surface area contributed by atoms with Gasteiger partial charge >= 0.3 is 0 Å². The van der Waals surface area contributed by atoms with Crippen molar-refractivity contribution in [3.05, 3.63) is 65.7 Å². The molecule has 2 aromatic rings. The van der Waals surface area contributed by atoms with E-state index in [9.17, 15) is 14.4 Å². The molecule has 4 rings (SSSR count). The third kappa shape index (κ3) is 8.07. The fourth-order valence-corrected chi connectivity index (χ4v) is 5.68. The smallest absolute Gasteiger partial charge is 0.246 e. The second kappa shape index (κ2) is 14.3. The maximum absolute atomic E-state index is 13.8. The first-order chi connectivity index (χ1) is 19.4. The summed E-state index contributed by atoms with van der Waals surface area (Å²) in [5, 5.41) is 12.6. The maximum atomic E-state index is 13.8. The summed E-state index contributed by atoms with van der Waals surface area (Å²) in [5.74, 6) is 0.421. The molecule has 8 nitrogen and oxygen atoms in total. The summed E-state index contributed by atoms with van der Waals surface area (Å²) in [7, 11) is 0. The summed E-state index contributed by atoms with van der Waals surface area (Å²) in [6, 6.07) is 16.4. The number of carbonyl (C=O) groups is 3. The molecule has 2 aliphatic rings. The number of rotatable bonds is 4. The monoisotopic (exact) mass is 548 g/mol. The number of benzene rings is 2. The Balaban J connectivity index is 1.59. The van der Waals surface area contributed by atoms with E-state index in [2.05, 4.69) is 35.1 Å². The fraction of sp³-hybridized carbons (Fsp3) is 0.531. The lowest BCUT2D eigenvalue weighted by molar-refractivity contribution is -0.136. The van der Waals surface area contributed by atoms with Crippen LogP contribution in [0, 0.1) is 5.92 Å². The van der Waals surface area contributed by atoms with Gasteiger partial charge in [-0.3, -0.25) is 14.4 Å². The number of hydrogen-bond acceptors (Lipinski definition) is 5. The number of fused-ring (bicyclic) bond motifs is 1. The molecule has 2 atom stereocenters. The Morgan fingerprint density at radius 3 is 2.35 bits per heavy atom. The Bertz CT molecular complexity index is 1130. The highest BCUT2D eigenvalue weighted by Crippen LogP contribution is 2.30. The van der Waals surface area contributed by atoms with E-state index in [1.54, 1.807) is 0 Å². The Kier molecular flexibility index (Phi) is 10.6. The Morgan fingerprint density at radius 1 is 0.875 bits per heavy atom. The van der Waals surface area contributed by atoms with E-state index in [1.165, 1.54) is 0 Å². The van der Waals surface area contributed by atoms with Crippen LogP contribution in [-0.2, 0) is 27.2 Å². The van der Waals surface area contributed by atoms with E-state index in [0.29, 0.717) is 45.4 Å². The average Bonchev–Trinajstić information content (AvgIpc) is 3.42. The summed E-state index contributed by atoms with van der Waals surface area (Å²) in [5.41, 5.74) is 1.01. The summed E-state index contributed by atoms with van der Waals surface area (Å²) in [4.78, 5) is 40.9. The van der Waals surface area contributed by atoms with Crippen LogP contribution in [0.25, 0.3) is 0 Å². The summed E-state index contributed by atoms with van der Waals surface area (Å²) < 4.78 is 6.09. The molecule has 40 heavy (non-hydrogen) atoms. The molecule has 2 aromatic carbocycles. The molecule has 0 bridgehead atoms. The van der Waals surface area contributed by atoms with Gasteiger partial charge in [-0.25, -0.2) is 0 Å². The largest absolute Gasteiger partial charge is 0.492 e. The standard InChI is InChI=1S/C32H44N4O4/c1-23(2)21-26-30(38)36-32(16-8-9-17-32)31(39)35-27(22-24-11-4-3-5-12-24)29(37)34-18-10-14-25-13-6-7-15-28(25)40-20-19-33-26/h3-7,11-13,15,23,26-27,33H,8-10,14,16-22H2,1-2H3,(H,34,37)(H,35,39)(H,36,38)/t26-,27+/m1/s1. The Labute approximate surface area is 238 Å². The van der Waals surface area contributed by atoms with Crippen LogP contribution in [0.3, 0.4) is 0 Å². The topological polar surface area (TPSA) is 109 Å². The molecule has 1 heterocycles. The van der Waals surface area contributed by atoms with Gasteiger partial charge in [-0.1, -0.05) is 75.2 Å². The lowest BCUT2D eigenvalue weighted by atomic mass is 9.93. The SMILES string of the molecule is CC(C)C[C@H]1NCCOc2ccccc2CCCNC(=O)[C@H](Cc2ccccc2)NC(=O)C2(CCCC2)NC1=O. The first-order valence-electron chi connectivity index (χ1n) is 14.7. The quantitative estimate of drug-likeness (QED) is 0.469. The number of aryl methyl sites for hydroxylation is 1. The van der Waals surface area contributed by atoms with Gasteiger partial charge in [0.15, 0.2) is 0 Å². The van der Waals surface area contributed by atoms with Crippen LogP contribution < -0.4 is 26.0 Å². The average molecular weight is 549 g/mol. The number of amides is 3. The van der Waals surface area contributed by atoms with Crippen molar-refractivity contribution in [1.29, 1.82) is 0 Å². The lowest BCUT2D eigenvalue weighted by Gasteiger charge is -2.33. The van der Waals surface area contributed by atoms with Gasteiger partial charge in [0.05, 0.1) is 6.04 Å². The molecule has 0 saturated heterocycles. The van der Waals surface area contributed by atoms with Gasteiger partial charge in [0.1, 0.15) is 23.9 Å².